The SMILES string of the molecule is COc1ccccc1N1CCN(CCCCn2c(O)cn(CCOS(=O)(=O)c3ccc(C)cc3)c2=O)CC1. The molecule has 0 spiro atoms. The third-order valence-electron chi connectivity index (χ3n) is 6.81. The van der Waals surface area contributed by atoms with Gasteiger partial charge in [0, 0.05) is 32.7 Å². The summed E-state index contributed by atoms with van der Waals surface area (Å²) in [7, 11) is -2.22. The van der Waals surface area contributed by atoms with Gasteiger partial charge >= 0.3 is 5.69 Å². The minimum Gasteiger partial charge on any atom is -0.495 e. The van der Waals surface area contributed by atoms with E-state index in [0.717, 1.165) is 62.6 Å². The Labute approximate surface area is 223 Å². The number of methoxy groups -OCH3 is 1. The average Bonchev–Trinajstić information content (AvgIpc) is 3.19. The number of hydrogen-bond donors (Lipinski definition) is 1. The molecule has 4 rings (SSSR count). The molecule has 1 N–H and O–H groups in total. The van der Waals surface area contributed by atoms with Gasteiger partial charge in [-0.15, -0.1) is 0 Å². The molecule has 0 aliphatic carbocycles. The van der Waals surface area contributed by atoms with Gasteiger partial charge in [0.1, 0.15) is 5.75 Å². The molecule has 2 aromatic carbocycles. The molecular formula is C27H36N4O6S. The number of piperazine rings is 1. The van der Waals surface area contributed by atoms with Gasteiger partial charge in [-0.25, -0.2) is 4.79 Å². The molecule has 206 valence electrons. The Morgan fingerprint density at radius 3 is 2.32 bits per heavy atom. The van der Waals surface area contributed by atoms with E-state index in [1.54, 1.807) is 19.2 Å². The Morgan fingerprint density at radius 2 is 1.61 bits per heavy atom. The predicted molar refractivity (Wildman–Crippen MR) is 146 cm³/mol. The Kier molecular flexibility index (Phi) is 9.13. The van der Waals surface area contributed by atoms with Crippen molar-refractivity contribution >= 4 is 15.8 Å². The Balaban J connectivity index is 1.20. The average molecular weight is 545 g/mol. The molecule has 0 atom stereocenters. The molecular weight excluding hydrogens is 508 g/mol. The number of anilines is 1. The van der Waals surface area contributed by atoms with E-state index >= 15 is 0 Å². The van der Waals surface area contributed by atoms with E-state index in [0.29, 0.717) is 6.54 Å². The molecule has 0 radical (unpaired) electrons. The van der Waals surface area contributed by atoms with E-state index < -0.39 is 10.1 Å². The second-order valence-corrected chi connectivity index (χ2v) is 11.0. The molecule has 38 heavy (non-hydrogen) atoms. The number of nitrogens with zero attached hydrogens (tertiary/aromatic N) is 4. The second kappa shape index (κ2) is 12.5. The molecule has 11 heteroatoms. The third-order valence-corrected chi connectivity index (χ3v) is 8.14. The van der Waals surface area contributed by atoms with Crippen molar-refractivity contribution in [3.8, 4) is 11.6 Å². The minimum absolute atomic E-state index is 0.0148. The number of para-hydroxylation sites is 2. The van der Waals surface area contributed by atoms with Crippen molar-refractivity contribution in [1.29, 1.82) is 0 Å². The van der Waals surface area contributed by atoms with Gasteiger partial charge < -0.3 is 14.7 Å². The van der Waals surface area contributed by atoms with E-state index in [4.69, 9.17) is 8.92 Å². The number of benzene rings is 2. The standard InChI is InChI=1S/C27H36N4O6S/c1-22-9-11-23(12-10-22)38(34,35)37-20-19-30-21-26(32)31(27(30)33)14-6-5-13-28-15-17-29(18-16-28)24-7-3-4-8-25(24)36-2/h3-4,7-12,21,32H,5-6,13-20H2,1-2H3. The highest BCUT2D eigenvalue weighted by Crippen LogP contribution is 2.28. The number of aryl methyl sites for hydroxylation is 1. The van der Waals surface area contributed by atoms with Crippen LogP contribution in [0, 0.1) is 6.92 Å². The number of ether oxygens (including phenoxy) is 1. The van der Waals surface area contributed by atoms with Crippen LogP contribution in [0.2, 0.25) is 0 Å². The van der Waals surface area contributed by atoms with Crippen molar-refractivity contribution in [1.82, 2.24) is 14.0 Å². The van der Waals surface area contributed by atoms with Crippen LogP contribution >= 0.6 is 0 Å². The van der Waals surface area contributed by atoms with Crippen LogP contribution in [-0.2, 0) is 27.4 Å². The van der Waals surface area contributed by atoms with Gasteiger partial charge in [-0.05, 0) is 50.6 Å². The van der Waals surface area contributed by atoms with Crippen molar-refractivity contribution in [3.63, 3.8) is 0 Å². The highest BCUT2D eigenvalue weighted by atomic mass is 32.2. The topological polar surface area (TPSA) is 106 Å². The lowest BCUT2D eigenvalue weighted by Gasteiger charge is -2.36. The number of aromatic hydroxyl groups is 1. The Morgan fingerprint density at radius 1 is 0.921 bits per heavy atom. The first-order valence-corrected chi connectivity index (χ1v) is 14.2. The van der Waals surface area contributed by atoms with Crippen LogP contribution in [-0.4, -0.2) is 74.0 Å². The van der Waals surface area contributed by atoms with E-state index in [2.05, 4.69) is 15.9 Å². The van der Waals surface area contributed by atoms with Gasteiger partial charge in [0.15, 0.2) is 0 Å². The molecule has 1 aliphatic heterocycles. The number of imidazole rings is 1. The lowest BCUT2D eigenvalue weighted by Crippen LogP contribution is -2.46. The van der Waals surface area contributed by atoms with E-state index in [9.17, 15) is 18.3 Å². The maximum absolute atomic E-state index is 12.7. The number of unbranched alkanes of at least 4 members (excludes halogenated alkanes) is 1. The van der Waals surface area contributed by atoms with Crippen molar-refractivity contribution in [3.05, 3.63) is 70.8 Å². The first-order valence-electron chi connectivity index (χ1n) is 12.8. The molecule has 0 amide bonds. The highest BCUT2D eigenvalue weighted by molar-refractivity contribution is 7.86. The van der Waals surface area contributed by atoms with Gasteiger partial charge in [0.05, 0.1) is 37.0 Å². The molecule has 1 saturated heterocycles. The molecule has 0 bridgehead atoms. The molecule has 3 aromatic rings. The summed E-state index contributed by atoms with van der Waals surface area (Å²) in [4.78, 5) is 17.5. The van der Waals surface area contributed by atoms with E-state index in [1.807, 2.05) is 25.1 Å². The summed E-state index contributed by atoms with van der Waals surface area (Å²) in [5, 5.41) is 10.3. The van der Waals surface area contributed by atoms with Crippen LogP contribution in [0.5, 0.6) is 11.6 Å². The molecule has 1 aromatic heterocycles. The first kappa shape index (κ1) is 27.7. The third kappa shape index (κ3) is 6.77. The monoisotopic (exact) mass is 544 g/mol. The molecule has 10 nitrogen and oxygen atoms in total. The fraction of sp³-hybridized carbons (Fsp3) is 0.444. The second-order valence-electron chi connectivity index (χ2n) is 9.41. The molecule has 1 aliphatic rings. The van der Waals surface area contributed by atoms with Crippen LogP contribution in [0.4, 0.5) is 5.69 Å². The number of hydrogen-bond acceptors (Lipinski definition) is 8. The van der Waals surface area contributed by atoms with Gasteiger partial charge in [0.2, 0.25) is 5.88 Å². The van der Waals surface area contributed by atoms with Crippen LogP contribution < -0.4 is 15.3 Å². The van der Waals surface area contributed by atoms with Crippen molar-refractivity contribution < 1.29 is 22.4 Å². The van der Waals surface area contributed by atoms with Crippen LogP contribution in [0.3, 0.4) is 0 Å². The molecule has 2 heterocycles. The van der Waals surface area contributed by atoms with Gasteiger partial charge in [-0.2, -0.15) is 8.42 Å². The zero-order valence-electron chi connectivity index (χ0n) is 22.0. The number of aromatic nitrogens is 2. The summed E-state index contributed by atoms with van der Waals surface area (Å²) < 4.78 is 37.8. The van der Waals surface area contributed by atoms with Crippen LogP contribution in [0.25, 0.3) is 0 Å². The fourth-order valence-electron chi connectivity index (χ4n) is 4.61. The van der Waals surface area contributed by atoms with Gasteiger partial charge in [-0.3, -0.25) is 18.2 Å². The summed E-state index contributed by atoms with van der Waals surface area (Å²) in [6, 6.07) is 14.4. The van der Waals surface area contributed by atoms with Crippen molar-refractivity contribution in [2.24, 2.45) is 0 Å². The quantitative estimate of drug-likeness (QED) is 0.274. The van der Waals surface area contributed by atoms with E-state index in [-0.39, 0.29) is 29.6 Å². The first-order chi connectivity index (χ1) is 18.3. The van der Waals surface area contributed by atoms with Crippen LogP contribution in [0.1, 0.15) is 18.4 Å². The lowest BCUT2D eigenvalue weighted by atomic mass is 10.2. The fourth-order valence-corrected chi connectivity index (χ4v) is 5.51. The molecule has 0 saturated carbocycles. The lowest BCUT2D eigenvalue weighted by molar-refractivity contribution is 0.249. The Bertz CT molecular complexity index is 1360. The van der Waals surface area contributed by atoms with Crippen molar-refractivity contribution in [2.45, 2.75) is 37.8 Å². The van der Waals surface area contributed by atoms with Crippen molar-refractivity contribution in [2.75, 3.05) is 51.3 Å². The highest BCUT2D eigenvalue weighted by Gasteiger charge is 2.20. The molecule has 1 fully saturated rings. The summed E-state index contributed by atoms with van der Waals surface area (Å²) in [6.45, 7) is 6.72. The van der Waals surface area contributed by atoms with Gasteiger partial charge in [0.25, 0.3) is 10.1 Å². The smallest absolute Gasteiger partial charge is 0.331 e. The summed E-state index contributed by atoms with van der Waals surface area (Å²) in [5.74, 6) is 0.749. The zero-order chi connectivity index (χ0) is 27.1. The maximum atomic E-state index is 12.7. The van der Waals surface area contributed by atoms with Crippen LogP contribution in [0.15, 0.2) is 64.4 Å². The number of rotatable bonds is 12. The summed E-state index contributed by atoms with van der Waals surface area (Å²) in [6.07, 6.45) is 2.95. The molecule has 0 unspecified atom stereocenters. The zero-order valence-corrected chi connectivity index (χ0v) is 22.8. The summed E-state index contributed by atoms with van der Waals surface area (Å²) in [5.41, 5.74) is 1.68. The normalized spacial score (nSPS) is 14.6. The Hall–Kier alpha value is -3.28. The van der Waals surface area contributed by atoms with E-state index in [1.165, 1.54) is 27.5 Å². The largest absolute Gasteiger partial charge is 0.495 e. The summed E-state index contributed by atoms with van der Waals surface area (Å²) >= 11 is 0. The van der Waals surface area contributed by atoms with Gasteiger partial charge in [-0.1, -0.05) is 29.8 Å². The predicted octanol–water partition coefficient (Wildman–Crippen LogP) is 2.68. The minimum atomic E-state index is -3.91. The maximum Gasteiger partial charge on any atom is 0.331 e.